The Labute approximate surface area is 136 Å². The van der Waals surface area contributed by atoms with Crippen LogP contribution in [0.3, 0.4) is 0 Å². The number of amides is 1. The minimum atomic E-state index is 0.0933. The van der Waals surface area contributed by atoms with E-state index in [1.165, 1.54) is 23.1 Å². The molecule has 1 amide bonds. The molecule has 4 heteroatoms. The zero-order valence-corrected chi connectivity index (χ0v) is 13.2. The molecule has 1 N–H and O–H groups in total. The van der Waals surface area contributed by atoms with E-state index < -0.39 is 0 Å². The molecule has 1 aromatic heterocycles. The summed E-state index contributed by atoms with van der Waals surface area (Å²) in [6, 6.07) is 8.47. The van der Waals surface area contributed by atoms with Crippen LogP contribution in [0.2, 0.25) is 0 Å². The molecule has 0 bridgehead atoms. The fraction of sp³-hybridized carbons (Fsp3) is 0.421. The molecular weight excluding hydrogens is 286 g/mol. The van der Waals surface area contributed by atoms with E-state index in [1.54, 1.807) is 0 Å². The molecule has 0 spiro atoms. The first-order chi connectivity index (χ1) is 11.3. The Hall–Kier alpha value is -2.23. The van der Waals surface area contributed by atoms with Gasteiger partial charge in [0.05, 0.1) is 6.54 Å². The number of carbonyl (C=O) groups excluding carboxylic acids is 1. The fourth-order valence-corrected chi connectivity index (χ4v) is 3.77. The van der Waals surface area contributed by atoms with Crippen molar-refractivity contribution in [3.63, 3.8) is 0 Å². The third-order valence-corrected chi connectivity index (χ3v) is 5.00. The van der Waals surface area contributed by atoms with Gasteiger partial charge in [0, 0.05) is 18.3 Å². The van der Waals surface area contributed by atoms with E-state index in [0.717, 1.165) is 37.2 Å². The van der Waals surface area contributed by atoms with Crippen molar-refractivity contribution in [1.82, 2.24) is 15.3 Å². The molecular formula is C19H21N3O. The highest BCUT2D eigenvalue weighted by atomic mass is 16.1. The first-order valence-electron chi connectivity index (χ1n) is 8.48. The molecule has 4 nitrogen and oxygen atoms in total. The number of benzene rings is 1. The minimum Gasteiger partial charge on any atom is -0.349 e. The van der Waals surface area contributed by atoms with Gasteiger partial charge in [0.1, 0.15) is 5.82 Å². The maximum absolute atomic E-state index is 12.2. The number of fused-ring (bicyclic) bond motifs is 2. The van der Waals surface area contributed by atoms with Gasteiger partial charge >= 0.3 is 0 Å². The first kappa shape index (κ1) is 14.4. The van der Waals surface area contributed by atoms with Crippen molar-refractivity contribution in [3.8, 4) is 0 Å². The van der Waals surface area contributed by atoms with Crippen LogP contribution < -0.4 is 5.32 Å². The third kappa shape index (κ3) is 2.98. The van der Waals surface area contributed by atoms with E-state index in [-0.39, 0.29) is 5.91 Å². The number of aryl methyl sites for hydroxylation is 3. The molecule has 0 saturated carbocycles. The Morgan fingerprint density at radius 2 is 2.09 bits per heavy atom. The average Bonchev–Trinajstić information content (AvgIpc) is 3.20. The molecule has 0 unspecified atom stereocenters. The molecule has 2 aliphatic carbocycles. The van der Waals surface area contributed by atoms with Crippen molar-refractivity contribution in [1.29, 1.82) is 0 Å². The summed E-state index contributed by atoms with van der Waals surface area (Å²) in [5.41, 5.74) is 5.17. The average molecular weight is 307 g/mol. The summed E-state index contributed by atoms with van der Waals surface area (Å²) in [5, 5.41) is 2.98. The highest BCUT2D eigenvalue weighted by Crippen LogP contribution is 2.35. The van der Waals surface area contributed by atoms with Crippen LogP contribution in [0.15, 0.2) is 30.5 Å². The standard InChI is InChI=1S/C19H21N3O/c23-19(10-14-9-8-13-4-1-2-6-16(13)14)21-12-18-20-11-15-5-3-7-17(15)22-18/h1-2,4,6,11,14H,3,5,7-10,12H2,(H,21,23)/t14-/m1/s1. The Morgan fingerprint density at radius 1 is 1.17 bits per heavy atom. The number of nitrogens with one attached hydrogen (secondary N) is 1. The van der Waals surface area contributed by atoms with Crippen molar-refractivity contribution in [2.24, 2.45) is 0 Å². The Kier molecular flexibility index (Phi) is 3.82. The molecule has 0 fully saturated rings. The van der Waals surface area contributed by atoms with Crippen molar-refractivity contribution in [2.75, 3.05) is 0 Å². The highest BCUT2D eigenvalue weighted by Gasteiger charge is 2.24. The van der Waals surface area contributed by atoms with Crippen molar-refractivity contribution in [2.45, 2.75) is 51.0 Å². The Bertz CT molecular complexity index is 741. The van der Waals surface area contributed by atoms with E-state index in [9.17, 15) is 4.79 Å². The summed E-state index contributed by atoms with van der Waals surface area (Å²) in [7, 11) is 0. The van der Waals surface area contributed by atoms with Crippen LogP contribution in [0.25, 0.3) is 0 Å². The van der Waals surface area contributed by atoms with Gasteiger partial charge in [-0.3, -0.25) is 4.79 Å². The molecule has 1 aromatic carbocycles. The molecule has 0 aliphatic heterocycles. The molecule has 2 aliphatic rings. The van der Waals surface area contributed by atoms with E-state index in [1.807, 2.05) is 6.20 Å². The minimum absolute atomic E-state index is 0.0933. The number of hydrogen-bond donors (Lipinski definition) is 1. The van der Waals surface area contributed by atoms with Gasteiger partial charge in [-0.1, -0.05) is 24.3 Å². The monoisotopic (exact) mass is 307 g/mol. The normalized spacial score (nSPS) is 18.5. The predicted octanol–water partition coefficient (Wildman–Crippen LogP) is 2.70. The lowest BCUT2D eigenvalue weighted by molar-refractivity contribution is -0.121. The van der Waals surface area contributed by atoms with E-state index in [2.05, 4.69) is 39.6 Å². The SMILES string of the molecule is O=C(C[C@H]1CCc2ccccc21)NCc1ncc2c(n1)CCC2. The van der Waals surface area contributed by atoms with Crippen LogP contribution in [0.1, 0.15) is 53.4 Å². The summed E-state index contributed by atoms with van der Waals surface area (Å²) < 4.78 is 0. The van der Waals surface area contributed by atoms with Gasteiger partial charge in [0.15, 0.2) is 0 Å². The molecule has 118 valence electrons. The van der Waals surface area contributed by atoms with Gasteiger partial charge in [-0.05, 0) is 54.7 Å². The lowest BCUT2D eigenvalue weighted by atomic mass is 9.97. The summed E-state index contributed by atoms with van der Waals surface area (Å²) in [6.07, 6.45) is 7.93. The molecule has 23 heavy (non-hydrogen) atoms. The zero-order valence-electron chi connectivity index (χ0n) is 13.2. The maximum Gasteiger partial charge on any atom is 0.220 e. The van der Waals surface area contributed by atoms with Crippen molar-refractivity contribution in [3.05, 3.63) is 58.7 Å². The van der Waals surface area contributed by atoms with Gasteiger partial charge in [0.25, 0.3) is 0 Å². The second-order valence-electron chi connectivity index (χ2n) is 6.53. The maximum atomic E-state index is 12.2. The number of carbonyl (C=O) groups is 1. The van der Waals surface area contributed by atoms with Gasteiger partial charge in [-0.15, -0.1) is 0 Å². The molecule has 0 saturated heterocycles. The lowest BCUT2D eigenvalue weighted by Gasteiger charge is -2.11. The lowest BCUT2D eigenvalue weighted by Crippen LogP contribution is -2.25. The van der Waals surface area contributed by atoms with Gasteiger partial charge in [0.2, 0.25) is 5.91 Å². The van der Waals surface area contributed by atoms with Crippen LogP contribution >= 0.6 is 0 Å². The van der Waals surface area contributed by atoms with Crippen molar-refractivity contribution < 1.29 is 4.79 Å². The fourth-order valence-electron chi connectivity index (χ4n) is 3.77. The second-order valence-corrected chi connectivity index (χ2v) is 6.53. The number of rotatable bonds is 4. The predicted molar refractivity (Wildman–Crippen MR) is 88.0 cm³/mol. The molecule has 1 heterocycles. The topological polar surface area (TPSA) is 54.9 Å². The summed E-state index contributed by atoms with van der Waals surface area (Å²) in [4.78, 5) is 21.2. The summed E-state index contributed by atoms with van der Waals surface area (Å²) >= 11 is 0. The number of hydrogen-bond acceptors (Lipinski definition) is 3. The van der Waals surface area contributed by atoms with Gasteiger partial charge in [-0.2, -0.15) is 0 Å². The Morgan fingerprint density at radius 3 is 3.04 bits per heavy atom. The van der Waals surface area contributed by atoms with Gasteiger partial charge < -0.3 is 5.32 Å². The Balaban J connectivity index is 1.34. The third-order valence-electron chi connectivity index (χ3n) is 5.00. The summed E-state index contributed by atoms with van der Waals surface area (Å²) in [6.45, 7) is 0.431. The number of nitrogens with zero attached hydrogens (tertiary/aromatic N) is 2. The van der Waals surface area contributed by atoms with E-state index >= 15 is 0 Å². The first-order valence-corrected chi connectivity index (χ1v) is 8.48. The number of aromatic nitrogens is 2. The van der Waals surface area contributed by atoms with Crippen LogP contribution in [0, 0.1) is 0 Å². The molecule has 4 rings (SSSR count). The summed E-state index contributed by atoms with van der Waals surface area (Å²) in [5.74, 6) is 1.17. The van der Waals surface area contributed by atoms with Gasteiger partial charge in [-0.25, -0.2) is 9.97 Å². The highest BCUT2D eigenvalue weighted by molar-refractivity contribution is 5.77. The van der Waals surface area contributed by atoms with E-state index in [0.29, 0.717) is 18.9 Å². The quantitative estimate of drug-likeness (QED) is 0.945. The zero-order chi connectivity index (χ0) is 15.6. The largest absolute Gasteiger partial charge is 0.349 e. The molecule has 2 aromatic rings. The van der Waals surface area contributed by atoms with E-state index in [4.69, 9.17) is 0 Å². The van der Waals surface area contributed by atoms with Crippen LogP contribution in [-0.4, -0.2) is 15.9 Å². The van der Waals surface area contributed by atoms with Crippen LogP contribution in [-0.2, 0) is 30.6 Å². The molecule has 1 atom stereocenters. The van der Waals surface area contributed by atoms with Crippen LogP contribution in [0.5, 0.6) is 0 Å². The van der Waals surface area contributed by atoms with Crippen molar-refractivity contribution >= 4 is 5.91 Å². The second kappa shape index (κ2) is 6.11. The molecule has 0 radical (unpaired) electrons. The smallest absolute Gasteiger partial charge is 0.220 e. The van der Waals surface area contributed by atoms with Crippen LogP contribution in [0.4, 0.5) is 0 Å².